The molecule has 0 heterocycles. The Bertz CT molecular complexity index is 426. The highest BCUT2D eigenvalue weighted by atomic mass is 16.5. The molecule has 2 N–H and O–H groups in total. The number of ether oxygens (including phenoxy) is 2. The highest BCUT2D eigenvalue weighted by Crippen LogP contribution is 2.06. The summed E-state index contributed by atoms with van der Waals surface area (Å²) in [5, 5.41) is 5.25. The number of hydrogen-bond acceptors (Lipinski definition) is 5. The Morgan fingerprint density at radius 2 is 1.56 bits per heavy atom. The Morgan fingerprint density at radius 3 is 2.08 bits per heavy atom. The molecule has 0 aromatic rings. The molecule has 0 aliphatic heterocycles. The Kier molecular flexibility index (Phi) is 13.1. The highest BCUT2D eigenvalue weighted by molar-refractivity contribution is 5.89. The number of unbranched alkanes of at least 4 members (excludes halogenated alkanes) is 2. The average Bonchev–Trinajstić information content (AvgIpc) is 2.60. The summed E-state index contributed by atoms with van der Waals surface area (Å²) in [4.78, 5) is 36.3. The molecule has 2 atom stereocenters. The predicted molar refractivity (Wildman–Crippen MR) is 96.1 cm³/mol. The van der Waals surface area contributed by atoms with Crippen LogP contribution in [0.1, 0.15) is 59.3 Å². The molecular weight excluding hydrogens is 324 g/mol. The SMILES string of the molecule is C=CCOC(=O)NC(CCCC)C(=O)NC(CCCC)C(=O)OCC. The fourth-order valence-corrected chi connectivity index (χ4v) is 2.17. The molecule has 0 radical (unpaired) electrons. The third-order valence-corrected chi connectivity index (χ3v) is 3.52. The topological polar surface area (TPSA) is 93.7 Å². The van der Waals surface area contributed by atoms with Crippen molar-refractivity contribution in [3.8, 4) is 0 Å². The fraction of sp³-hybridized carbons (Fsp3) is 0.722. The first-order valence-corrected chi connectivity index (χ1v) is 9.01. The predicted octanol–water partition coefficient (Wildman–Crippen LogP) is 2.70. The Morgan fingerprint density at radius 1 is 0.960 bits per heavy atom. The van der Waals surface area contributed by atoms with Gasteiger partial charge in [0.2, 0.25) is 5.91 Å². The zero-order valence-electron chi connectivity index (χ0n) is 15.6. The highest BCUT2D eigenvalue weighted by Gasteiger charge is 2.27. The number of esters is 1. The summed E-state index contributed by atoms with van der Waals surface area (Å²) in [5.41, 5.74) is 0. The minimum absolute atomic E-state index is 0.0654. The summed E-state index contributed by atoms with van der Waals surface area (Å²) in [6, 6.07) is -1.46. The zero-order chi connectivity index (χ0) is 19.1. The lowest BCUT2D eigenvalue weighted by molar-refractivity contribution is -0.147. The molecule has 144 valence electrons. The number of amides is 2. The Hall–Kier alpha value is -2.05. The van der Waals surface area contributed by atoms with Crippen LogP contribution >= 0.6 is 0 Å². The first-order valence-electron chi connectivity index (χ1n) is 9.01. The number of rotatable bonds is 13. The third-order valence-electron chi connectivity index (χ3n) is 3.52. The van der Waals surface area contributed by atoms with Crippen LogP contribution in [0, 0.1) is 0 Å². The van der Waals surface area contributed by atoms with Crippen molar-refractivity contribution in [2.24, 2.45) is 0 Å². The van der Waals surface area contributed by atoms with Gasteiger partial charge in [0.15, 0.2) is 0 Å². The molecule has 2 amide bonds. The third kappa shape index (κ3) is 10.4. The number of alkyl carbamates (subject to hydrolysis) is 1. The van der Waals surface area contributed by atoms with Crippen molar-refractivity contribution in [2.45, 2.75) is 71.4 Å². The molecule has 0 bridgehead atoms. The van der Waals surface area contributed by atoms with Gasteiger partial charge in [-0.1, -0.05) is 52.2 Å². The molecule has 7 heteroatoms. The maximum Gasteiger partial charge on any atom is 0.408 e. The van der Waals surface area contributed by atoms with Crippen molar-refractivity contribution >= 4 is 18.0 Å². The molecule has 0 fully saturated rings. The van der Waals surface area contributed by atoms with Crippen LogP contribution in [-0.4, -0.2) is 43.3 Å². The molecule has 0 aromatic carbocycles. The quantitative estimate of drug-likeness (QED) is 0.391. The van der Waals surface area contributed by atoms with Gasteiger partial charge < -0.3 is 20.1 Å². The van der Waals surface area contributed by atoms with Gasteiger partial charge in [0, 0.05) is 0 Å². The normalized spacial score (nSPS) is 12.6. The zero-order valence-corrected chi connectivity index (χ0v) is 15.6. The van der Waals surface area contributed by atoms with E-state index >= 15 is 0 Å². The molecule has 0 aliphatic rings. The standard InChI is InChI=1S/C18H32N2O5/c1-5-9-11-14(20-18(23)25-13-7-3)16(21)19-15(12-10-6-2)17(22)24-8-4/h7,14-15H,3,5-6,8-13H2,1-2,4H3,(H,19,21)(H,20,23). The molecule has 0 saturated heterocycles. The van der Waals surface area contributed by atoms with Crippen LogP contribution in [0.5, 0.6) is 0 Å². The molecular formula is C18H32N2O5. The van der Waals surface area contributed by atoms with Gasteiger partial charge in [-0.05, 0) is 19.8 Å². The van der Waals surface area contributed by atoms with Gasteiger partial charge in [-0.25, -0.2) is 9.59 Å². The van der Waals surface area contributed by atoms with Crippen LogP contribution in [0.15, 0.2) is 12.7 Å². The summed E-state index contributed by atoms with van der Waals surface area (Å²) < 4.78 is 9.89. The Labute approximate surface area is 150 Å². The van der Waals surface area contributed by atoms with Crippen LogP contribution in [0.4, 0.5) is 4.79 Å². The van der Waals surface area contributed by atoms with Crippen molar-refractivity contribution in [1.82, 2.24) is 10.6 Å². The lowest BCUT2D eigenvalue weighted by Crippen LogP contribution is -2.52. The van der Waals surface area contributed by atoms with Crippen LogP contribution in [0.2, 0.25) is 0 Å². The molecule has 0 saturated carbocycles. The number of carbonyl (C=O) groups excluding carboxylic acids is 3. The van der Waals surface area contributed by atoms with Gasteiger partial charge in [-0.2, -0.15) is 0 Å². The van der Waals surface area contributed by atoms with Gasteiger partial charge in [0.1, 0.15) is 18.7 Å². The number of nitrogens with one attached hydrogen (secondary N) is 2. The van der Waals surface area contributed by atoms with Gasteiger partial charge in [-0.3, -0.25) is 4.79 Å². The van der Waals surface area contributed by atoms with Crippen LogP contribution < -0.4 is 10.6 Å². The van der Waals surface area contributed by atoms with E-state index in [1.807, 2.05) is 13.8 Å². The van der Waals surface area contributed by atoms with E-state index in [0.717, 1.165) is 25.7 Å². The van der Waals surface area contributed by atoms with E-state index in [-0.39, 0.29) is 13.2 Å². The van der Waals surface area contributed by atoms with E-state index in [0.29, 0.717) is 12.8 Å². The summed E-state index contributed by atoms with van der Waals surface area (Å²) in [6.07, 6.45) is 5.07. The van der Waals surface area contributed by atoms with Crippen molar-refractivity contribution in [3.05, 3.63) is 12.7 Å². The van der Waals surface area contributed by atoms with E-state index in [1.54, 1.807) is 6.92 Å². The van der Waals surface area contributed by atoms with Gasteiger partial charge in [-0.15, -0.1) is 0 Å². The molecule has 0 aromatic heterocycles. The smallest absolute Gasteiger partial charge is 0.408 e. The van der Waals surface area contributed by atoms with Gasteiger partial charge in [0.25, 0.3) is 0 Å². The monoisotopic (exact) mass is 356 g/mol. The second-order valence-electron chi connectivity index (χ2n) is 5.68. The van der Waals surface area contributed by atoms with E-state index in [2.05, 4.69) is 17.2 Å². The molecule has 2 unspecified atom stereocenters. The summed E-state index contributed by atoms with van der Waals surface area (Å²) in [6.45, 7) is 9.50. The second-order valence-corrected chi connectivity index (χ2v) is 5.68. The molecule has 0 rings (SSSR count). The fourth-order valence-electron chi connectivity index (χ4n) is 2.17. The van der Waals surface area contributed by atoms with Crippen molar-refractivity contribution in [3.63, 3.8) is 0 Å². The first kappa shape index (κ1) is 22.9. The molecule has 7 nitrogen and oxygen atoms in total. The van der Waals surface area contributed by atoms with Crippen molar-refractivity contribution in [2.75, 3.05) is 13.2 Å². The van der Waals surface area contributed by atoms with Gasteiger partial charge in [0.05, 0.1) is 6.61 Å². The number of hydrogen-bond donors (Lipinski definition) is 2. The lowest BCUT2D eigenvalue weighted by atomic mass is 10.1. The van der Waals surface area contributed by atoms with E-state index in [1.165, 1.54) is 6.08 Å². The summed E-state index contributed by atoms with van der Waals surface area (Å²) in [7, 11) is 0. The van der Waals surface area contributed by atoms with E-state index in [4.69, 9.17) is 9.47 Å². The molecule has 0 aliphatic carbocycles. The van der Waals surface area contributed by atoms with E-state index in [9.17, 15) is 14.4 Å². The lowest BCUT2D eigenvalue weighted by Gasteiger charge is -2.22. The maximum atomic E-state index is 12.5. The molecule has 0 spiro atoms. The number of carbonyl (C=O) groups is 3. The molecule has 25 heavy (non-hydrogen) atoms. The van der Waals surface area contributed by atoms with Crippen molar-refractivity contribution < 1.29 is 23.9 Å². The minimum atomic E-state index is -0.754. The van der Waals surface area contributed by atoms with Crippen molar-refractivity contribution in [1.29, 1.82) is 0 Å². The summed E-state index contributed by atoms with van der Waals surface area (Å²) in [5.74, 6) is -0.856. The van der Waals surface area contributed by atoms with Crippen LogP contribution in [-0.2, 0) is 19.1 Å². The van der Waals surface area contributed by atoms with Crippen LogP contribution in [0.25, 0.3) is 0 Å². The van der Waals surface area contributed by atoms with Crippen LogP contribution in [0.3, 0.4) is 0 Å². The summed E-state index contributed by atoms with van der Waals surface area (Å²) >= 11 is 0. The van der Waals surface area contributed by atoms with E-state index < -0.39 is 30.1 Å². The Balaban J connectivity index is 4.88. The largest absolute Gasteiger partial charge is 0.464 e. The second kappa shape index (κ2) is 14.3. The maximum absolute atomic E-state index is 12.5. The minimum Gasteiger partial charge on any atom is -0.464 e. The average molecular weight is 356 g/mol. The first-order chi connectivity index (χ1) is 12.0. The van der Waals surface area contributed by atoms with Gasteiger partial charge >= 0.3 is 12.1 Å².